The second kappa shape index (κ2) is 9.92. The number of aromatic amines is 1. The van der Waals surface area contributed by atoms with Crippen molar-refractivity contribution in [1.29, 1.82) is 0 Å². The Morgan fingerprint density at radius 2 is 1.56 bits per heavy atom. The van der Waals surface area contributed by atoms with Gasteiger partial charge in [-0.25, -0.2) is 4.39 Å². The third-order valence-electron chi connectivity index (χ3n) is 5.31. The van der Waals surface area contributed by atoms with E-state index >= 15 is 0 Å². The summed E-state index contributed by atoms with van der Waals surface area (Å²) < 4.78 is 13.9. The first-order valence-corrected chi connectivity index (χ1v) is 10.5. The van der Waals surface area contributed by atoms with Gasteiger partial charge in [-0.1, -0.05) is 60.7 Å². The van der Waals surface area contributed by atoms with Crippen LogP contribution in [0, 0.1) is 5.82 Å². The smallest absolute Gasteiger partial charge is 0.239 e. The van der Waals surface area contributed by atoms with E-state index in [9.17, 15) is 14.0 Å². The van der Waals surface area contributed by atoms with Crippen LogP contribution in [0.15, 0.2) is 78.9 Å². The third kappa shape index (κ3) is 5.21. The van der Waals surface area contributed by atoms with Gasteiger partial charge in [-0.3, -0.25) is 9.59 Å². The van der Waals surface area contributed by atoms with E-state index in [-0.39, 0.29) is 30.6 Å². The number of aryl methyl sites for hydroxylation is 1. The third-order valence-corrected chi connectivity index (χ3v) is 5.31. The summed E-state index contributed by atoms with van der Waals surface area (Å²) in [5, 5.41) is 6.21. The number of fused-ring (bicyclic) bond motifs is 1. The van der Waals surface area contributed by atoms with Crippen LogP contribution < -0.4 is 10.6 Å². The van der Waals surface area contributed by atoms with Crippen LogP contribution in [0.4, 0.5) is 4.39 Å². The summed E-state index contributed by atoms with van der Waals surface area (Å²) in [6, 6.07) is 23.9. The molecular formula is C26H24FN3O2. The topological polar surface area (TPSA) is 74.0 Å². The molecule has 0 spiro atoms. The predicted octanol–water partition coefficient (Wildman–Crippen LogP) is 4.34. The first-order valence-electron chi connectivity index (χ1n) is 10.5. The van der Waals surface area contributed by atoms with Gasteiger partial charge >= 0.3 is 0 Å². The lowest BCUT2D eigenvalue weighted by atomic mass is 10.0. The highest BCUT2D eigenvalue weighted by molar-refractivity contribution is 5.92. The molecule has 2 amide bonds. The Morgan fingerprint density at radius 1 is 0.844 bits per heavy atom. The lowest BCUT2D eigenvalue weighted by Crippen LogP contribution is -2.36. The Bertz CT molecular complexity index is 1220. The van der Waals surface area contributed by atoms with Crippen molar-refractivity contribution in [3.8, 4) is 11.3 Å². The van der Waals surface area contributed by atoms with Crippen molar-refractivity contribution in [2.45, 2.75) is 19.4 Å². The van der Waals surface area contributed by atoms with E-state index in [1.54, 1.807) is 6.07 Å². The fraction of sp³-hybridized carbons (Fsp3) is 0.154. The number of nitrogens with one attached hydrogen (secondary N) is 3. The van der Waals surface area contributed by atoms with E-state index in [4.69, 9.17) is 0 Å². The molecule has 1 heterocycles. The molecule has 32 heavy (non-hydrogen) atoms. The highest BCUT2D eigenvalue weighted by Gasteiger charge is 2.15. The van der Waals surface area contributed by atoms with Gasteiger partial charge in [0, 0.05) is 29.6 Å². The predicted molar refractivity (Wildman–Crippen MR) is 123 cm³/mol. The number of aromatic nitrogens is 1. The fourth-order valence-corrected chi connectivity index (χ4v) is 3.70. The molecule has 162 valence electrons. The molecule has 0 radical (unpaired) electrons. The van der Waals surface area contributed by atoms with Crippen molar-refractivity contribution in [2.24, 2.45) is 0 Å². The van der Waals surface area contributed by atoms with Crippen molar-refractivity contribution in [2.75, 3.05) is 6.54 Å². The van der Waals surface area contributed by atoms with E-state index in [1.807, 2.05) is 60.7 Å². The maximum atomic E-state index is 13.9. The molecule has 3 N–H and O–H groups in total. The Kier molecular flexibility index (Phi) is 6.60. The maximum absolute atomic E-state index is 13.9. The number of benzene rings is 3. The van der Waals surface area contributed by atoms with E-state index < -0.39 is 0 Å². The number of amides is 2. The molecule has 0 saturated carbocycles. The van der Waals surface area contributed by atoms with Crippen molar-refractivity contribution < 1.29 is 14.0 Å². The summed E-state index contributed by atoms with van der Waals surface area (Å²) in [6.45, 7) is 0.330. The fourth-order valence-electron chi connectivity index (χ4n) is 3.70. The lowest BCUT2D eigenvalue weighted by molar-refractivity contribution is -0.126. The van der Waals surface area contributed by atoms with Crippen LogP contribution in [0.25, 0.3) is 22.2 Å². The van der Waals surface area contributed by atoms with Gasteiger partial charge in [0.25, 0.3) is 0 Å². The Balaban J connectivity index is 1.38. The molecule has 4 rings (SSSR count). The minimum absolute atomic E-state index is 0.0836. The lowest BCUT2D eigenvalue weighted by Gasteiger charge is -2.08. The molecule has 0 aliphatic rings. The van der Waals surface area contributed by atoms with Gasteiger partial charge in [0.15, 0.2) is 0 Å². The van der Waals surface area contributed by atoms with Gasteiger partial charge < -0.3 is 15.6 Å². The average molecular weight is 429 g/mol. The summed E-state index contributed by atoms with van der Waals surface area (Å²) in [7, 11) is 0. The molecule has 4 aromatic rings. The second-order valence-corrected chi connectivity index (χ2v) is 7.57. The molecular weight excluding hydrogens is 405 g/mol. The van der Waals surface area contributed by atoms with E-state index in [1.165, 1.54) is 12.1 Å². The molecule has 5 nitrogen and oxygen atoms in total. The quantitative estimate of drug-likeness (QED) is 0.390. The number of halogens is 1. The number of hydrogen-bond donors (Lipinski definition) is 3. The second-order valence-electron chi connectivity index (χ2n) is 7.57. The van der Waals surface area contributed by atoms with Gasteiger partial charge in [0.1, 0.15) is 5.82 Å². The van der Waals surface area contributed by atoms with Gasteiger partial charge in [-0.05, 0) is 41.3 Å². The Morgan fingerprint density at radius 3 is 2.31 bits per heavy atom. The number of carbonyl (C=O) groups excluding carboxylic acids is 2. The van der Waals surface area contributed by atoms with Crippen LogP contribution in [-0.4, -0.2) is 23.3 Å². The van der Waals surface area contributed by atoms with Crippen LogP contribution in [0.5, 0.6) is 0 Å². The van der Waals surface area contributed by atoms with Crippen molar-refractivity contribution in [3.05, 3.63) is 95.8 Å². The van der Waals surface area contributed by atoms with Crippen LogP contribution in [0.3, 0.4) is 0 Å². The van der Waals surface area contributed by atoms with Crippen LogP contribution in [0.2, 0.25) is 0 Å². The molecule has 0 saturated heterocycles. The zero-order chi connectivity index (χ0) is 22.3. The molecule has 3 aromatic carbocycles. The molecule has 1 aromatic heterocycles. The highest BCUT2D eigenvalue weighted by Crippen LogP contribution is 2.31. The van der Waals surface area contributed by atoms with Crippen molar-refractivity contribution >= 4 is 22.7 Å². The maximum Gasteiger partial charge on any atom is 0.239 e. The number of carbonyl (C=O) groups is 2. The molecule has 0 aliphatic heterocycles. The summed E-state index contributed by atoms with van der Waals surface area (Å²) >= 11 is 0. The van der Waals surface area contributed by atoms with Gasteiger partial charge in [0.05, 0.1) is 6.54 Å². The standard InChI is InChI=1S/C26H24FN3O2/c27-20-11-13-23-22(15-20)21(26(30-23)19-9-5-2-6-10-19)12-14-24(31)29-17-25(32)28-16-18-7-3-1-4-8-18/h1-11,13,15,30H,12,14,16-17H2,(H,28,32)(H,29,31). The van der Waals surface area contributed by atoms with E-state index in [2.05, 4.69) is 15.6 Å². The monoisotopic (exact) mass is 429 g/mol. The SMILES string of the molecule is O=C(CCc1c(-c2ccccc2)[nH]c2ccc(F)cc12)NCC(=O)NCc1ccccc1. The minimum Gasteiger partial charge on any atom is -0.354 e. The minimum atomic E-state index is -0.322. The largest absolute Gasteiger partial charge is 0.354 e. The molecule has 0 unspecified atom stereocenters. The van der Waals surface area contributed by atoms with Crippen LogP contribution >= 0.6 is 0 Å². The van der Waals surface area contributed by atoms with Crippen LogP contribution in [-0.2, 0) is 22.6 Å². The zero-order valence-electron chi connectivity index (χ0n) is 17.5. The summed E-state index contributed by atoms with van der Waals surface area (Å²) in [4.78, 5) is 27.8. The molecule has 6 heteroatoms. The first-order chi connectivity index (χ1) is 15.6. The highest BCUT2D eigenvalue weighted by atomic mass is 19.1. The average Bonchev–Trinajstić information content (AvgIpc) is 3.19. The van der Waals surface area contributed by atoms with E-state index in [0.29, 0.717) is 13.0 Å². The summed E-state index contributed by atoms with van der Waals surface area (Å²) in [6.07, 6.45) is 0.612. The molecule has 0 aliphatic carbocycles. The van der Waals surface area contributed by atoms with Gasteiger partial charge in [0.2, 0.25) is 11.8 Å². The number of H-pyrrole nitrogens is 1. The zero-order valence-corrected chi connectivity index (χ0v) is 17.5. The number of hydrogen-bond acceptors (Lipinski definition) is 2. The van der Waals surface area contributed by atoms with Crippen molar-refractivity contribution in [1.82, 2.24) is 15.6 Å². The molecule has 0 fully saturated rings. The Labute approximate surface area is 185 Å². The first kappa shape index (κ1) is 21.3. The molecule has 0 atom stereocenters. The summed E-state index contributed by atoms with van der Waals surface area (Å²) in [5.41, 5.74) is 4.54. The van der Waals surface area contributed by atoms with Gasteiger partial charge in [-0.15, -0.1) is 0 Å². The van der Waals surface area contributed by atoms with Crippen molar-refractivity contribution in [3.63, 3.8) is 0 Å². The van der Waals surface area contributed by atoms with E-state index in [0.717, 1.165) is 33.3 Å². The van der Waals surface area contributed by atoms with Gasteiger partial charge in [-0.2, -0.15) is 0 Å². The number of rotatable bonds is 8. The van der Waals surface area contributed by atoms with Crippen LogP contribution in [0.1, 0.15) is 17.5 Å². The molecule has 0 bridgehead atoms. The normalized spacial score (nSPS) is 10.8. The summed E-state index contributed by atoms with van der Waals surface area (Å²) in [5.74, 6) is -0.803. The Hall–Kier alpha value is -3.93.